The number of rotatable bonds is 4. The molecule has 0 amide bonds. The molecule has 0 aromatic heterocycles. The molecule has 0 heterocycles. The van der Waals surface area contributed by atoms with Crippen LogP contribution in [0.15, 0.2) is 4.88 Å². The van der Waals surface area contributed by atoms with Gasteiger partial charge in [-0.05, 0) is 38.1 Å². The van der Waals surface area contributed by atoms with Crippen molar-refractivity contribution in [1.82, 2.24) is 4.67 Å². The van der Waals surface area contributed by atoms with Crippen molar-refractivity contribution >= 4 is 18.8 Å². The lowest BCUT2D eigenvalue weighted by atomic mass is 10.3. The number of nitrogens with zero attached hydrogens (tertiary/aromatic N) is 4. The van der Waals surface area contributed by atoms with Crippen LogP contribution in [0.25, 0.3) is 10.4 Å². The lowest BCUT2D eigenvalue weighted by Gasteiger charge is -2.31. The van der Waals surface area contributed by atoms with E-state index in [0.717, 1.165) is 0 Å². The maximum Gasteiger partial charge on any atom is 0.156 e. The summed E-state index contributed by atoms with van der Waals surface area (Å²) in [6.07, 6.45) is 0. The second-order valence-electron chi connectivity index (χ2n) is 2.99. The van der Waals surface area contributed by atoms with Crippen molar-refractivity contribution < 1.29 is 0 Å². The number of hydrogen-bond donors (Lipinski definition) is 0. The summed E-state index contributed by atoms with van der Waals surface area (Å²) in [4.78, 5) is 6.21. The molecular formula is C6H14ClN4P. The van der Waals surface area contributed by atoms with Crippen LogP contribution in [-0.2, 0) is 0 Å². The van der Waals surface area contributed by atoms with Crippen LogP contribution in [0.1, 0.15) is 27.7 Å². The predicted octanol–water partition coefficient (Wildman–Crippen LogP) is 3.88. The molecule has 0 bridgehead atoms. The quantitative estimate of drug-likeness (QED) is 0.299. The van der Waals surface area contributed by atoms with Gasteiger partial charge in [0.05, 0.1) is 0 Å². The Labute approximate surface area is 79.2 Å². The minimum atomic E-state index is -1.21. The molecule has 70 valence electrons. The van der Waals surface area contributed by atoms with Crippen LogP contribution in [0.3, 0.4) is 0 Å². The smallest absolute Gasteiger partial charge is 0.156 e. The minimum absolute atomic E-state index is 0.305. The summed E-state index contributed by atoms with van der Waals surface area (Å²) in [6.45, 7) is 8.13. The molecule has 0 N–H and O–H groups in total. The molecule has 0 aromatic carbocycles. The van der Waals surface area contributed by atoms with E-state index in [9.17, 15) is 0 Å². The lowest BCUT2D eigenvalue weighted by molar-refractivity contribution is 0.326. The van der Waals surface area contributed by atoms with Crippen molar-refractivity contribution in [3.63, 3.8) is 0 Å². The Morgan fingerprint density at radius 1 is 1.33 bits per heavy atom. The van der Waals surface area contributed by atoms with Crippen molar-refractivity contribution in [3.8, 4) is 0 Å². The summed E-state index contributed by atoms with van der Waals surface area (Å²) in [5.74, 6) is 0. The monoisotopic (exact) mass is 208 g/mol. The van der Waals surface area contributed by atoms with Crippen LogP contribution in [0.4, 0.5) is 0 Å². The average Bonchev–Trinajstić information content (AvgIpc) is 1.85. The van der Waals surface area contributed by atoms with Crippen LogP contribution >= 0.6 is 18.8 Å². The fourth-order valence-electron chi connectivity index (χ4n) is 1.06. The average molecular weight is 209 g/mol. The molecule has 12 heavy (non-hydrogen) atoms. The zero-order chi connectivity index (χ0) is 9.72. The molecule has 0 spiro atoms. The number of halogens is 1. The third kappa shape index (κ3) is 3.59. The highest BCUT2D eigenvalue weighted by Crippen LogP contribution is 2.49. The Kier molecular flexibility index (Phi) is 5.60. The Morgan fingerprint density at radius 3 is 2.00 bits per heavy atom. The first-order chi connectivity index (χ1) is 5.50. The molecule has 6 heteroatoms. The van der Waals surface area contributed by atoms with E-state index in [1.807, 2.05) is 32.4 Å². The van der Waals surface area contributed by atoms with Crippen LogP contribution < -0.4 is 0 Å². The molecule has 0 aliphatic heterocycles. The molecule has 0 fully saturated rings. The summed E-state index contributed by atoms with van der Waals surface area (Å²) in [7, 11) is -1.21. The second-order valence-corrected chi connectivity index (χ2v) is 5.02. The Balaban J connectivity index is 4.39. The van der Waals surface area contributed by atoms with E-state index < -0.39 is 7.58 Å². The van der Waals surface area contributed by atoms with E-state index in [1.54, 1.807) is 0 Å². The zero-order valence-corrected chi connectivity index (χ0v) is 9.42. The van der Waals surface area contributed by atoms with E-state index in [0.29, 0.717) is 12.1 Å². The van der Waals surface area contributed by atoms with E-state index in [-0.39, 0.29) is 0 Å². The van der Waals surface area contributed by atoms with E-state index in [1.165, 1.54) is 0 Å². The number of azide groups is 1. The van der Waals surface area contributed by atoms with Crippen LogP contribution in [0.2, 0.25) is 0 Å². The van der Waals surface area contributed by atoms with Crippen molar-refractivity contribution in [2.24, 2.45) is 4.88 Å². The molecule has 1 unspecified atom stereocenters. The summed E-state index contributed by atoms with van der Waals surface area (Å²) < 4.78 is 2.00. The van der Waals surface area contributed by atoms with Gasteiger partial charge in [-0.1, -0.05) is 11.2 Å². The number of hydrogen-bond acceptors (Lipinski definition) is 2. The maximum atomic E-state index is 8.21. The van der Waals surface area contributed by atoms with Crippen molar-refractivity contribution in [1.29, 1.82) is 0 Å². The summed E-state index contributed by atoms with van der Waals surface area (Å²) in [6, 6.07) is 0.609. The second kappa shape index (κ2) is 5.60. The Hall–Kier alpha value is -0.0100. The largest absolute Gasteiger partial charge is 0.260 e. The molecule has 4 nitrogen and oxygen atoms in total. The van der Waals surface area contributed by atoms with Gasteiger partial charge in [0.2, 0.25) is 0 Å². The lowest BCUT2D eigenvalue weighted by Crippen LogP contribution is -2.30. The van der Waals surface area contributed by atoms with Gasteiger partial charge >= 0.3 is 0 Å². The van der Waals surface area contributed by atoms with Gasteiger partial charge in [0.15, 0.2) is 7.58 Å². The van der Waals surface area contributed by atoms with E-state index in [2.05, 4.69) is 9.80 Å². The Morgan fingerprint density at radius 2 is 1.75 bits per heavy atom. The molecular weight excluding hydrogens is 195 g/mol. The summed E-state index contributed by atoms with van der Waals surface area (Å²) >= 11 is 5.91. The highest BCUT2D eigenvalue weighted by Gasteiger charge is 2.20. The fraction of sp³-hybridized carbons (Fsp3) is 1.00. The Bertz CT molecular complexity index is 170. The van der Waals surface area contributed by atoms with Crippen molar-refractivity contribution in [3.05, 3.63) is 10.4 Å². The summed E-state index contributed by atoms with van der Waals surface area (Å²) in [5, 5.41) is 0. The van der Waals surface area contributed by atoms with E-state index in [4.69, 9.17) is 16.8 Å². The molecule has 0 saturated heterocycles. The van der Waals surface area contributed by atoms with Gasteiger partial charge in [-0.2, -0.15) is 0 Å². The van der Waals surface area contributed by atoms with Gasteiger partial charge in [0.1, 0.15) is 0 Å². The van der Waals surface area contributed by atoms with Crippen molar-refractivity contribution in [2.45, 2.75) is 39.8 Å². The fourth-order valence-corrected chi connectivity index (χ4v) is 3.12. The first-order valence-electron chi connectivity index (χ1n) is 3.79. The third-order valence-electron chi connectivity index (χ3n) is 1.36. The molecule has 0 radical (unpaired) electrons. The predicted molar refractivity (Wildman–Crippen MR) is 54.0 cm³/mol. The van der Waals surface area contributed by atoms with Gasteiger partial charge in [0, 0.05) is 17.0 Å². The molecule has 0 rings (SSSR count). The maximum absolute atomic E-state index is 8.21. The van der Waals surface area contributed by atoms with Gasteiger partial charge in [-0.25, -0.2) is 0 Å². The molecule has 0 aliphatic rings. The SMILES string of the molecule is CC(C)N(C(C)C)P(Cl)N=[N+]=[N-]. The van der Waals surface area contributed by atoms with Crippen LogP contribution in [0.5, 0.6) is 0 Å². The normalized spacial score (nSPS) is 13.7. The van der Waals surface area contributed by atoms with Gasteiger partial charge in [-0.15, -0.1) is 0 Å². The summed E-state index contributed by atoms with van der Waals surface area (Å²) in [5.41, 5.74) is 8.21. The first kappa shape index (κ1) is 12.0. The van der Waals surface area contributed by atoms with Crippen LogP contribution in [-0.4, -0.2) is 16.8 Å². The standard InChI is InChI=1S/C6H14ClN4P/c1-5(2)11(6(3)4)12(7)10-9-8/h5-6H,1-4H3. The van der Waals surface area contributed by atoms with E-state index >= 15 is 0 Å². The molecule has 0 aliphatic carbocycles. The minimum Gasteiger partial charge on any atom is -0.260 e. The highest BCUT2D eigenvalue weighted by atomic mass is 35.7. The van der Waals surface area contributed by atoms with Crippen LogP contribution in [0, 0.1) is 0 Å². The highest BCUT2D eigenvalue weighted by molar-refractivity contribution is 7.80. The van der Waals surface area contributed by atoms with Gasteiger partial charge < -0.3 is 0 Å². The van der Waals surface area contributed by atoms with Gasteiger partial charge in [0.25, 0.3) is 0 Å². The molecule has 1 atom stereocenters. The first-order valence-corrected chi connectivity index (χ1v) is 5.95. The van der Waals surface area contributed by atoms with Crippen molar-refractivity contribution in [2.75, 3.05) is 0 Å². The molecule has 0 aromatic rings. The molecule has 0 saturated carbocycles. The third-order valence-corrected chi connectivity index (χ3v) is 3.62. The van der Waals surface area contributed by atoms with Gasteiger partial charge in [-0.3, -0.25) is 4.67 Å². The topological polar surface area (TPSA) is 52.0 Å². The zero-order valence-electron chi connectivity index (χ0n) is 7.77.